The van der Waals surface area contributed by atoms with E-state index in [-0.39, 0.29) is 21.8 Å². The fraction of sp³-hybridized carbons (Fsp3) is 0.0667. The third-order valence-electron chi connectivity index (χ3n) is 3.23. The molecule has 0 fully saturated rings. The van der Waals surface area contributed by atoms with Crippen LogP contribution in [0.3, 0.4) is 0 Å². The molecule has 0 aliphatic carbocycles. The Kier molecular flexibility index (Phi) is 3.54. The largest absolute Gasteiger partial charge is 0.355 e. The zero-order valence-corrected chi connectivity index (χ0v) is 12.2. The Labute approximate surface area is 129 Å². The van der Waals surface area contributed by atoms with Crippen molar-refractivity contribution in [2.24, 2.45) is 0 Å². The van der Waals surface area contributed by atoms with E-state index in [1.807, 2.05) is 0 Å². The number of benzene rings is 1. The van der Waals surface area contributed by atoms with E-state index >= 15 is 0 Å². The van der Waals surface area contributed by atoms with Crippen LogP contribution >= 0.6 is 11.6 Å². The maximum Gasteiger partial charge on any atom is 0.255 e. The Bertz CT molecular complexity index is 875. The molecule has 112 valence electrons. The number of carbonyl (C=O) groups is 1. The average molecular weight is 322 g/mol. The molecule has 0 spiro atoms. The number of carbonyl (C=O) groups excluding carboxylic acids is 1. The van der Waals surface area contributed by atoms with Crippen LogP contribution in [0.25, 0.3) is 16.8 Å². The van der Waals surface area contributed by atoms with Gasteiger partial charge in [-0.25, -0.2) is 8.91 Å². The number of fused-ring (bicyclic) bond motifs is 1. The summed E-state index contributed by atoms with van der Waals surface area (Å²) in [6.07, 6.45) is 0. The number of nitrogens with zero attached hydrogens (tertiary/aromatic N) is 2. The summed E-state index contributed by atoms with van der Waals surface area (Å²) in [5.41, 5.74) is 1.17. The van der Waals surface area contributed by atoms with Gasteiger partial charge in [0.1, 0.15) is 11.5 Å². The van der Waals surface area contributed by atoms with E-state index in [4.69, 9.17) is 11.6 Å². The van der Waals surface area contributed by atoms with Gasteiger partial charge in [-0.2, -0.15) is 9.49 Å². The highest BCUT2D eigenvalue weighted by Gasteiger charge is 2.22. The summed E-state index contributed by atoms with van der Waals surface area (Å²) < 4.78 is 28.1. The molecule has 2 heterocycles. The number of hydrogen-bond donors (Lipinski definition) is 1. The first-order valence-corrected chi connectivity index (χ1v) is 6.75. The predicted octanol–water partition coefficient (Wildman–Crippen LogP) is 3.29. The van der Waals surface area contributed by atoms with Gasteiger partial charge < -0.3 is 5.32 Å². The number of aromatic nitrogens is 2. The molecular formula is C15H10ClF2N3O. The lowest BCUT2D eigenvalue weighted by atomic mass is 10.1. The molecule has 0 bridgehead atoms. The average Bonchev–Trinajstić information content (AvgIpc) is 2.87. The Morgan fingerprint density at radius 3 is 2.55 bits per heavy atom. The van der Waals surface area contributed by atoms with E-state index in [2.05, 4.69) is 10.4 Å². The van der Waals surface area contributed by atoms with Gasteiger partial charge in [0.05, 0.1) is 11.1 Å². The Morgan fingerprint density at radius 2 is 1.91 bits per heavy atom. The zero-order valence-electron chi connectivity index (χ0n) is 11.4. The second-order valence-corrected chi connectivity index (χ2v) is 5.04. The van der Waals surface area contributed by atoms with Crippen LogP contribution in [0, 0.1) is 11.8 Å². The fourth-order valence-electron chi connectivity index (χ4n) is 2.23. The van der Waals surface area contributed by atoms with Crippen molar-refractivity contribution in [3.05, 3.63) is 58.7 Å². The number of halogens is 3. The van der Waals surface area contributed by atoms with Crippen LogP contribution in [0.2, 0.25) is 5.02 Å². The highest BCUT2D eigenvalue weighted by atomic mass is 35.5. The number of amides is 1. The van der Waals surface area contributed by atoms with Crippen LogP contribution in [0.1, 0.15) is 10.4 Å². The van der Waals surface area contributed by atoms with Gasteiger partial charge in [0.15, 0.2) is 0 Å². The van der Waals surface area contributed by atoms with Crippen LogP contribution in [0.4, 0.5) is 8.78 Å². The summed E-state index contributed by atoms with van der Waals surface area (Å²) in [6, 6.07) is 8.00. The molecule has 0 aliphatic heterocycles. The van der Waals surface area contributed by atoms with Crippen molar-refractivity contribution in [3.8, 4) is 11.3 Å². The summed E-state index contributed by atoms with van der Waals surface area (Å²) in [7, 11) is 1.46. The monoisotopic (exact) mass is 321 g/mol. The second-order valence-electron chi connectivity index (χ2n) is 4.60. The van der Waals surface area contributed by atoms with Crippen molar-refractivity contribution in [1.82, 2.24) is 14.9 Å². The molecule has 3 aromatic rings. The molecule has 0 atom stereocenters. The van der Waals surface area contributed by atoms with Crippen molar-refractivity contribution in [2.75, 3.05) is 7.05 Å². The van der Waals surface area contributed by atoms with Crippen LogP contribution in [0.15, 0.2) is 36.4 Å². The Balaban J connectivity index is 2.36. The molecule has 2 aromatic heterocycles. The molecule has 1 amide bonds. The van der Waals surface area contributed by atoms with Gasteiger partial charge in [-0.3, -0.25) is 4.79 Å². The van der Waals surface area contributed by atoms with E-state index in [9.17, 15) is 13.6 Å². The van der Waals surface area contributed by atoms with E-state index in [0.29, 0.717) is 5.56 Å². The molecule has 0 unspecified atom stereocenters. The molecule has 22 heavy (non-hydrogen) atoms. The standard InChI is InChI=1S/C15H10ClF2N3O/c1-19-15(22)13-11-6-9(16)7-12(18)21(11)20-14(13)8-2-4-10(17)5-3-8/h2-7H,1H3,(H,19,22). The zero-order chi connectivity index (χ0) is 15.9. The minimum Gasteiger partial charge on any atom is -0.355 e. The smallest absolute Gasteiger partial charge is 0.255 e. The van der Waals surface area contributed by atoms with Gasteiger partial charge in [0.2, 0.25) is 5.95 Å². The summed E-state index contributed by atoms with van der Waals surface area (Å²) in [4.78, 5) is 12.2. The first-order valence-electron chi connectivity index (χ1n) is 6.37. The van der Waals surface area contributed by atoms with E-state index < -0.39 is 17.7 Å². The molecule has 0 saturated carbocycles. The minimum atomic E-state index is -0.694. The highest BCUT2D eigenvalue weighted by Crippen LogP contribution is 2.28. The maximum atomic E-state index is 14.0. The predicted molar refractivity (Wildman–Crippen MR) is 78.9 cm³/mol. The first-order chi connectivity index (χ1) is 10.5. The lowest BCUT2D eigenvalue weighted by molar-refractivity contribution is 0.0965. The normalized spacial score (nSPS) is 10.9. The van der Waals surface area contributed by atoms with Crippen LogP contribution in [0.5, 0.6) is 0 Å². The quantitative estimate of drug-likeness (QED) is 0.736. The lowest BCUT2D eigenvalue weighted by Gasteiger charge is -2.02. The van der Waals surface area contributed by atoms with Crippen LogP contribution in [-0.4, -0.2) is 22.6 Å². The number of nitrogens with one attached hydrogen (secondary N) is 1. The van der Waals surface area contributed by atoms with E-state index in [1.54, 1.807) is 0 Å². The number of rotatable bonds is 2. The molecule has 0 aliphatic rings. The molecule has 1 N–H and O–H groups in total. The molecule has 7 heteroatoms. The highest BCUT2D eigenvalue weighted by molar-refractivity contribution is 6.31. The lowest BCUT2D eigenvalue weighted by Crippen LogP contribution is -2.18. The summed E-state index contributed by atoms with van der Waals surface area (Å²) in [6.45, 7) is 0. The minimum absolute atomic E-state index is 0.153. The van der Waals surface area contributed by atoms with Gasteiger partial charge in [0, 0.05) is 23.7 Å². The third-order valence-corrected chi connectivity index (χ3v) is 3.45. The van der Waals surface area contributed by atoms with Gasteiger partial charge in [0.25, 0.3) is 5.91 Å². The molecular weight excluding hydrogens is 312 g/mol. The topological polar surface area (TPSA) is 46.4 Å². The van der Waals surface area contributed by atoms with Gasteiger partial charge in [-0.15, -0.1) is 0 Å². The van der Waals surface area contributed by atoms with Gasteiger partial charge in [-0.1, -0.05) is 11.6 Å². The van der Waals surface area contributed by atoms with Gasteiger partial charge >= 0.3 is 0 Å². The van der Waals surface area contributed by atoms with Crippen LogP contribution in [-0.2, 0) is 0 Å². The summed E-state index contributed by atoms with van der Waals surface area (Å²) in [5, 5.41) is 6.76. The second kappa shape index (κ2) is 5.38. The van der Waals surface area contributed by atoms with Crippen molar-refractivity contribution in [2.45, 2.75) is 0 Å². The SMILES string of the molecule is CNC(=O)c1c(-c2ccc(F)cc2)nn2c(F)cc(Cl)cc12. The van der Waals surface area contributed by atoms with Crippen molar-refractivity contribution < 1.29 is 13.6 Å². The van der Waals surface area contributed by atoms with Crippen molar-refractivity contribution in [3.63, 3.8) is 0 Å². The van der Waals surface area contributed by atoms with E-state index in [1.165, 1.54) is 37.4 Å². The van der Waals surface area contributed by atoms with E-state index in [0.717, 1.165) is 10.6 Å². The number of hydrogen-bond acceptors (Lipinski definition) is 2. The third kappa shape index (κ3) is 2.31. The van der Waals surface area contributed by atoms with Crippen LogP contribution < -0.4 is 5.32 Å². The molecule has 0 saturated heterocycles. The van der Waals surface area contributed by atoms with Crippen molar-refractivity contribution >= 4 is 23.0 Å². The first kappa shape index (κ1) is 14.5. The maximum absolute atomic E-state index is 14.0. The Hall–Kier alpha value is -2.47. The van der Waals surface area contributed by atoms with Crippen molar-refractivity contribution in [1.29, 1.82) is 0 Å². The number of pyridine rings is 1. The molecule has 4 nitrogen and oxygen atoms in total. The van der Waals surface area contributed by atoms with Gasteiger partial charge in [-0.05, 0) is 30.3 Å². The summed E-state index contributed by atoms with van der Waals surface area (Å²) >= 11 is 5.86. The molecule has 3 rings (SSSR count). The fourth-order valence-corrected chi connectivity index (χ4v) is 2.43. The summed E-state index contributed by atoms with van der Waals surface area (Å²) in [5.74, 6) is -1.54. The molecule has 0 radical (unpaired) electrons. The molecule has 1 aromatic carbocycles. The Morgan fingerprint density at radius 1 is 1.23 bits per heavy atom.